The minimum absolute atomic E-state index is 0. The van der Waals surface area contributed by atoms with Crippen LogP contribution in [0.15, 0.2) is 24.3 Å². The van der Waals surface area contributed by atoms with Crippen LogP contribution < -0.4 is 11.1 Å². The first-order valence-electron chi connectivity index (χ1n) is 6.38. The summed E-state index contributed by atoms with van der Waals surface area (Å²) >= 11 is 0. The Morgan fingerprint density at radius 3 is 2.94 bits per heavy atom. The molecule has 0 radical (unpaired) electrons. The molecule has 1 amide bonds. The third kappa shape index (κ3) is 3.72. The van der Waals surface area contributed by atoms with Crippen molar-refractivity contribution in [3.63, 3.8) is 0 Å². The fraction of sp³-hybridized carbons (Fsp3) is 0.500. The van der Waals surface area contributed by atoms with Crippen LogP contribution in [0.2, 0.25) is 0 Å². The molecular weight excluding hydrogens is 248 g/mol. The van der Waals surface area contributed by atoms with Crippen LogP contribution in [0.4, 0.5) is 0 Å². The van der Waals surface area contributed by atoms with Gasteiger partial charge in [-0.15, -0.1) is 12.4 Å². The third-order valence-electron chi connectivity index (χ3n) is 3.31. The van der Waals surface area contributed by atoms with Gasteiger partial charge in [-0.25, -0.2) is 0 Å². The number of hydrogen-bond donors (Lipinski definition) is 2. The highest BCUT2D eigenvalue weighted by Gasteiger charge is 2.20. The average molecular weight is 269 g/mol. The fourth-order valence-electron chi connectivity index (χ4n) is 2.43. The molecule has 1 aromatic rings. The number of carbonyl (C=O) groups is 1. The number of hydrogen-bond acceptors (Lipinski definition) is 2. The third-order valence-corrected chi connectivity index (χ3v) is 3.31. The summed E-state index contributed by atoms with van der Waals surface area (Å²) < 4.78 is 0. The van der Waals surface area contributed by atoms with Gasteiger partial charge < -0.3 is 11.1 Å². The van der Waals surface area contributed by atoms with Crippen LogP contribution in [-0.2, 0) is 11.2 Å². The first-order valence-corrected chi connectivity index (χ1v) is 6.38. The van der Waals surface area contributed by atoms with Crippen LogP contribution in [0.3, 0.4) is 0 Å². The molecule has 4 heteroatoms. The predicted octanol–water partition coefficient (Wildman–Crippen LogP) is 2.34. The summed E-state index contributed by atoms with van der Waals surface area (Å²) in [6.07, 6.45) is 4.63. The highest BCUT2D eigenvalue weighted by atomic mass is 35.5. The minimum Gasteiger partial charge on any atom is -0.349 e. The molecule has 1 atom stereocenters. The largest absolute Gasteiger partial charge is 0.349 e. The van der Waals surface area contributed by atoms with Crippen LogP contribution in [-0.4, -0.2) is 12.5 Å². The SMILES string of the molecule is Cl.NCCCC(=O)NC1CCCc2ccccc21. The molecule has 1 unspecified atom stereocenters. The Bertz CT molecular complexity index is 395. The van der Waals surface area contributed by atoms with E-state index in [2.05, 4.69) is 23.5 Å². The number of benzene rings is 1. The molecule has 0 heterocycles. The van der Waals surface area contributed by atoms with E-state index in [1.54, 1.807) is 0 Å². The number of halogens is 1. The van der Waals surface area contributed by atoms with Crippen LogP contribution in [0.5, 0.6) is 0 Å². The first-order chi connectivity index (χ1) is 8.31. The molecule has 0 spiro atoms. The van der Waals surface area contributed by atoms with Crippen molar-refractivity contribution < 1.29 is 4.79 Å². The molecule has 0 saturated heterocycles. The number of rotatable bonds is 4. The summed E-state index contributed by atoms with van der Waals surface area (Å²) in [7, 11) is 0. The zero-order valence-corrected chi connectivity index (χ0v) is 11.3. The molecule has 100 valence electrons. The van der Waals surface area contributed by atoms with Crippen molar-refractivity contribution in [2.45, 2.75) is 38.1 Å². The normalized spacial score (nSPS) is 17.5. The zero-order chi connectivity index (χ0) is 12.1. The molecule has 3 N–H and O–H groups in total. The Morgan fingerprint density at radius 1 is 1.39 bits per heavy atom. The number of nitrogens with one attached hydrogen (secondary N) is 1. The van der Waals surface area contributed by atoms with Crippen molar-refractivity contribution >= 4 is 18.3 Å². The van der Waals surface area contributed by atoms with Gasteiger partial charge in [0, 0.05) is 6.42 Å². The Hall–Kier alpha value is -1.06. The highest BCUT2D eigenvalue weighted by molar-refractivity contribution is 5.85. The predicted molar refractivity (Wildman–Crippen MR) is 75.8 cm³/mol. The number of amides is 1. The Kier molecular flexibility index (Phi) is 6.16. The Labute approximate surface area is 115 Å². The molecule has 0 aromatic heterocycles. The lowest BCUT2D eigenvalue weighted by Gasteiger charge is -2.26. The highest BCUT2D eigenvalue weighted by Crippen LogP contribution is 2.29. The quantitative estimate of drug-likeness (QED) is 0.881. The second-order valence-electron chi connectivity index (χ2n) is 4.60. The molecular formula is C14H21ClN2O. The van der Waals surface area contributed by atoms with Gasteiger partial charge in [0.15, 0.2) is 0 Å². The first kappa shape index (κ1) is 15.0. The summed E-state index contributed by atoms with van der Waals surface area (Å²) in [6.45, 7) is 0.578. The molecule has 0 bridgehead atoms. The van der Waals surface area contributed by atoms with Gasteiger partial charge in [-0.3, -0.25) is 4.79 Å². The van der Waals surface area contributed by atoms with Gasteiger partial charge in [-0.1, -0.05) is 24.3 Å². The van der Waals surface area contributed by atoms with Crippen molar-refractivity contribution in [2.75, 3.05) is 6.54 Å². The smallest absolute Gasteiger partial charge is 0.220 e. The molecule has 1 aliphatic rings. The van der Waals surface area contributed by atoms with E-state index in [9.17, 15) is 4.79 Å². The summed E-state index contributed by atoms with van der Waals surface area (Å²) in [5, 5.41) is 3.12. The lowest BCUT2D eigenvalue weighted by molar-refractivity contribution is -0.122. The van der Waals surface area contributed by atoms with Crippen LogP contribution in [0, 0.1) is 0 Å². The van der Waals surface area contributed by atoms with Crippen molar-refractivity contribution in [2.24, 2.45) is 5.73 Å². The van der Waals surface area contributed by atoms with Crippen molar-refractivity contribution in [3.05, 3.63) is 35.4 Å². The van der Waals surface area contributed by atoms with Gasteiger partial charge in [-0.2, -0.15) is 0 Å². The lowest BCUT2D eigenvalue weighted by Crippen LogP contribution is -2.31. The maximum absolute atomic E-state index is 11.7. The fourth-order valence-corrected chi connectivity index (χ4v) is 2.43. The summed E-state index contributed by atoms with van der Waals surface area (Å²) in [6, 6.07) is 8.60. The Morgan fingerprint density at radius 2 is 2.17 bits per heavy atom. The molecule has 1 aliphatic carbocycles. The van der Waals surface area contributed by atoms with Gasteiger partial charge in [0.25, 0.3) is 0 Å². The van der Waals surface area contributed by atoms with Crippen LogP contribution >= 0.6 is 12.4 Å². The molecule has 0 saturated carbocycles. The average Bonchev–Trinajstić information content (AvgIpc) is 2.37. The second kappa shape index (κ2) is 7.39. The number of carbonyl (C=O) groups excluding carboxylic acids is 1. The standard InChI is InChI=1S/C14H20N2O.ClH/c15-10-4-9-14(17)16-13-8-3-6-11-5-1-2-7-12(11)13;/h1-2,5,7,13H,3-4,6,8-10,15H2,(H,16,17);1H. The van der Waals surface area contributed by atoms with E-state index in [1.807, 2.05) is 6.07 Å². The van der Waals surface area contributed by atoms with E-state index < -0.39 is 0 Å². The van der Waals surface area contributed by atoms with E-state index >= 15 is 0 Å². The maximum atomic E-state index is 11.7. The minimum atomic E-state index is 0. The second-order valence-corrected chi connectivity index (χ2v) is 4.60. The topological polar surface area (TPSA) is 55.1 Å². The molecule has 0 fully saturated rings. The summed E-state index contributed by atoms with van der Waals surface area (Å²) in [5.74, 6) is 0.122. The van der Waals surface area contributed by atoms with E-state index in [0.717, 1.165) is 25.7 Å². The van der Waals surface area contributed by atoms with E-state index in [-0.39, 0.29) is 24.4 Å². The zero-order valence-electron chi connectivity index (χ0n) is 10.5. The van der Waals surface area contributed by atoms with Crippen LogP contribution in [0.25, 0.3) is 0 Å². The lowest BCUT2D eigenvalue weighted by atomic mass is 9.87. The number of aryl methyl sites for hydroxylation is 1. The Balaban J connectivity index is 0.00000162. The van der Waals surface area contributed by atoms with E-state index in [1.165, 1.54) is 11.1 Å². The maximum Gasteiger partial charge on any atom is 0.220 e. The molecule has 3 nitrogen and oxygen atoms in total. The summed E-state index contributed by atoms with van der Waals surface area (Å²) in [4.78, 5) is 11.7. The van der Waals surface area contributed by atoms with Crippen molar-refractivity contribution in [1.29, 1.82) is 0 Å². The molecule has 1 aromatic carbocycles. The molecule has 2 rings (SSSR count). The number of nitrogens with two attached hydrogens (primary N) is 1. The van der Waals surface area contributed by atoms with Gasteiger partial charge >= 0.3 is 0 Å². The van der Waals surface area contributed by atoms with Crippen molar-refractivity contribution in [1.82, 2.24) is 5.32 Å². The molecule has 18 heavy (non-hydrogen) atoms. The monoisotopic (exact) mass is 268 g/mol. The van der Waals surface area contributed by atoms with Gasteiger partial charge in [0.05, 0.1) is 6.04 Å². The summed E-state index contributed by atoms with van der Waals surface area (Å²) in [5.41, 5.74) is 8.08. The van der Waals surface area contributed by atoms with Crippen LogP contribution in [0.1, 0.15) is 42.9 Å². The molecule has 0 aliphatic heterocycles. The van der Waals surface area contributed by atoms with Gasteiger partial charge in [0.1, 0.15) is 0 Å². The van der Waals surface area contributed by atoms with Crippen molar-refractivity contribution in [3.8, 4) is 0 Å². The van der Waals surface area contributed by atoms with Gasteiger partial charge in [-0.05, 0) is 43.4 Å². The van der Waals surface area contributed by atoms with E-state index in [4.69, 9.17) is 5.73 Å². The number of fused-ring (bicyclic) bond motifs is 1. The van der Waals surface area contributed by atoms with Gasteiger partial charge in [0.2, 0.25) is 5.91 Å². The van der Waals surface area contributed by atoms with E-state index in [0.29, 0.717) is 13.0 Å².